The van der Waals surface area contributed by atoms with E-state index in [1.54, 1.807) is 31.2 Å². The van der Waals surface area contributed by atoms with Gasteiger partial charge in [0.2, 0.25) is 16.0 Å². The van der Waals surface area contributed by atoms with Crippen LogP contribution in [0.4, 0.5) is 10.3 Å². The molecule has 1 heterocycles. The lowest BCUT2D eigenvalue weighted by molar-refractivity contribution is 0.265. The molecule has 0 radical (unpaired) electrons. The highest BCUT2D eigenvalue weighted by molar-refractivity contribution is 7.89. The molecule has 0 bridgehead atoms. The molecule has 0 saturated carbocycles. The number of anilines is 1. The summed E-state index contributed by atoms with van der Waals surface area (Å²) in [5, 5.41) is 9.13. The summed E-state index contributed by atoms with van der Waals surface area (Å²) in [6.45, 7) is 1.21. The van der Waals surface area contributed by atoms with Gasteiger partial charge in [0, 0.05) is 35.1 Å². The quantitative estimate of drug-likeness (QED) is 0.546. The summed E-state index contributed by atoms with van der Waals surface area (Å²) in [6, 6.07) is 10.0. The minimum absolute atomic E-state index is 0. The fourth-order valence-electron chi connectivity index (χ4n) is 2.70. The number of hydrogen-bond acceptors (Lipinski definition) is 6. The minimum atomic E-state index is -3.90. The zero-order valence-electron chi connectivity index (χ0n) is 15.5. The largest absolute Gasteiger partial charge is 0.395 e. The van der Waals surface area contributed by atoms with Crippen molar-refractivity contribution in [1.29, 1.82) is 0 Å². The van der Waals surface area contributed by atoms with Gasteiger partial charge in [0.05, 0.1) is 11.5 Å². The number of aliphatic hydroxyl groups excluding tert-OH is 1. The number of sulfonamides is 1. The first-order valence-corrected chi connectivity index (χ1v) is 9.90. The molecule has 7 nitrogen and oxygen atoms in total. The predicted octanol–water partition coefficient (Wildman–Crippen LogP) is 2.30. The van der Waals surface area contributed by atoms with Crippen molar-refractivity contribution < 1.29 is 17.9 Å². The molecule has 0 aliphatic carbocycles. The summed E-state index contributed by atoms with van der Waals surface area (Å²) in [5.41, 5.74) is 6.93. The lowest BCUT2D eigenvalue weighted by Crippen LogP contribution is -2.35. The van der Waals surface area contributed by atoms with Crippen LogP contribution in [0.25, 0.3) is 22.3 Å². The van der Waals surface area contributed by atoms with E-state index in [4.69, 9.17) is 10.8 Å². The van der Waals surface area contributed by atoms with E-state index in [0.29, 0.717) is 16.7 Å². The topological polar surface area (TPSA) is 118 Å². The average molecular weight is 437 g/mol. The number of hydrogen-bond donors (Lipinski definition) is 3. The highest BCUT2D eigenvalue weighted by Gasteiger charge is 2.21. The zero-order chi connectivity index (χ0) is 20.3. The molecule has 0 fully saturated rings. The van der Waals surface area contributed by atoms with Gasteiger partial charge in [0.25, 0.3) is 0 Å². The molecule has 154 valence electrons. The molecule has 1 atom stereocenters. The Morgan fingerprint density at radius 1 is 1.10 bits per heavy atom. The number of nitrogens with zero attached hydrogens (tertiary/aromatic N) is 2. The van der Waals surface area contributed by atoms with E-state index < -0.39 is 21.9 Å². The molecule has 0 aliphatic rings. The Hall–Kier alpha value is -2.53. The fourth-order valence-corrected chi connectivity index (χ4v) is 4.16. The maximum Gasteiger partial charge on any atom is 0.241 e. The van der Waals surface area contributed by atoms with Crippen LogP contribution in [0.1, 0.15) is 6.92 Å². The van der Waals surface area contributed by atoms with E-state index in [0.717, 1.165) is 0 Å². The molecule has 3 rings (SSSR count). The lowest BCUT2D eigenvalue weighted by atomic mass is 10.0. The number of halogens is 1. The van der Waals surface area contributed by atoms with Crippen molar-refractivity contribution in [1.82, 2.24) is 14.7 Å². The molecule has 0 unspecified atom stereocenters. The molecule has 0 aliphatic heterocycles. The molecular formula is C19H21FN4O3S2. The summed E-state index contributed by atoms with van der Waals surface area (Å²) in [4.78, 5) is 7.70. The van der Waals surface area contributed by atoms with Gasteiger partial charge in [-0.15, -0.1) is 0 Å². The van der Waals surface area contributed by atoms with Gasteiger partial charge in [0.15, 0.2) is 0 Å². The molecule has 4 N–H and O–H groups in total. The number of aromatic nitrogens is 2. The fraction of sp³-hybridized carbons (Fsp3) is 0.158. The Morgan fingerprint density at radius 2 is 1.76 bits per heavy atom. The summed E-state index contributed by atoms with van der Waals surface area (Å²) in [5.74, 6) is -0.459. The van der Waals surface area contributed by atoms with Gasteiger partial charge in [-0.25, -0.2) is 27.5 Å². The van der Waals surface area contributed by atoms with Crippen LogP contribution in [0.15, 0.2) is 59.8 Å². The molecule has 10 heteroatoms. The highest BCUT2D eigenvalue weighted by Crippen LogP contribution is 2.31. The SMILES string of the molecule is C[C@@H](CO)NS(=O)(=O)c1ccccc1-c1ccc(-c2cnc(N)nc2)c(F)c1.S. The Balaban J connectivity index is 0.00000300. The second kappa shape index (κ2) is 9.31. The molecule has 29 heavy (non-hydrogen) atoms. The number of aliphatic hydroxyl groups is 1. The van der Waals surface area contributed by atoms with Gasteiger partial charge >= 0.3 is 0 Å². The normalized spacial score (nSPS) is 12.2. The third-order valence-corrected chi connectivity index (χ3v) is 5.72. The monoisotopic (exact) mass is 436 g/mol. The molecule has 0 spiro atoms. The van der Waals surface area contributed by atoms with Crippen molar-refractivity contribution in [2.75, 3.05) is 12.3 Å². The van der Waals surface area contributed by atoms with Crippen LogP contribution in [-0.4, -0.2) is 36.1 Å². The Kier molecular flexibility index (Phi) is 7.31. The Bertz CT molecular complexity index is 1090. The Morgan fingerprint density at radius 3 is 2.38 bits per heavy atom. The van der Waals surface area contributed by atoms with E-state index in [-0.39, 0.29) is 36.5 Å². The smallest absolute Gasteiger partial charge is 0.241 e. The number of benzene rings is 2. The maximum atomic E-state index is 14.7. The molecule has 2 aromatic carbocycles. The second-order valence-corrected chi connectivity index (χ2v) is 7.91. The van der Waals surface area contributed by atoms with Crippen LogP contribution < -0.4 is 10.5 Å². The number of rotatable bonds is 6. The molecule has 0 amide bonds. The van der Waals surface area contributed by atoms with Crippen LogP contribution in [0, 0.1) is 5.82 Å². The molecule has 0 saturated heterocycles. The van der Waals surface area contributed by atoms with Gasteiger partial charge in [-0.3, -0.25) is 0 Å². The van der Waals surface area contributed by atoms with Crippen LogP contribution in [0.3, 0.4) is 0 Å². The lowest BCUT2D eigenvalue weighted by Gasteiger charge is -2.15. The van der Waals surface area contributed by atoms with E-state index in [1.165, 1.54) is 30.6 Å². The maximum absolute atomic E-state index is 14.7. The van der Waals surface area contributed by atoms with E-state index >= 15 is 0 Å². The van der Waals surface area contributed by atoms with E-state index in [1.807, 2.05) is 0 Å². The molecule has 3 aromatic rings. The van der Waals surface area contributed by atoms with Gasteiger partial charge in [-0.1, -0.05) is 30.3 Å². The number of nitrogens with two attached hydrogens (primary N) is 1. The summed E-state index contributed by atoms with van der Waals surface area (Å²) < 4.78 is 42.4. The first kappa shape index (κ1) is 22.8. The standard InChI is InChI=1S/C19H19FN4O3S.H2S/c1-12(11-25)24-28(26,27)18-5-3-2-4-16(18)13-6-7-15(17(20)8-13)14-9-22-19(21)23-10-14;/h2-10,12,24-25H,11H2,1H3,(H2,21,22,23);1H2/t12-;/m0./s1. The van der Waals surface area contributed by atoms with Crippen LogP contribution in [0.2, 0.25) is 0 Å². The number of nitrogen functional groups attached to an aromatic ring is 1. The van der Waals surface area contributed by atoms with Crippen LogP contribution in [-0.2, 0) is 10.0 Å². The van der Waals surface area contributed by atoms with E-state index in [2.05, 4.69) is 14.7 Å². The van der Waals surface area contributed by atoms with Crippen LogP contribution >= 0.6 is 13.5 Å². The summed E-state index contributed by atoms with van der Waals surface area (Å²) >= 11 is 0. The number of nitrogens with one attached hydrogen (secondary N) is 1. The third-order valence-electron chi connectivity index (χ3n) is 4.07. The first-order chi connectivity index (χ1) is 13.3. The Labute approximate surface area is 175 Å². The van der Waals surface area contributed by atoms with Crippen molar-refractivity contribution in [3.63, 3.8) is 0 Å². The van der Waals surface area contributed by atoms with Gasteiger partial charge in [-0.2, -0.15) is 13.5 Å². The molecular weight excluding hydrogens is 415 g/mol. The average Bonchev–Trinajstić information content (AvgIpc) is 2.68. The third kappa shape index (κ3) is 5.10. The van der Waals surface area contributed by atoms with Gasteiger partial charge < -0.3 is 10.8 Å². The van der Waals surface area contributed by atoms with Crippen molar-refractivity contribution in [3.8, 4) is 22.3 Å². The van der Waals surface area contributed by atoms with E-state index in [9.17, 15) is 12.8 Å². The predicted molar refractivity (Wildman–Crippen MR) is 115 cm³/mol. The summed E-state index contributed by atoms with van der Waals surface area (Å²) in [6.07, 6.45) is 2.83. The zero-order valence-corrected chi connectivity index (χ0v) is 17.3. The van der Waals surface area contributed by atoms with Gasteiger partial charge in [-0.05, 0) is 24.6 Å². The highest BCUT2D eigenvalue weighted by atomic mass is 32.2. The van der Waals surface area contributed by atoms with Crippen molar-refractivity contribution >= 4 is 29.5 Å². The molecule has 1 aromatic heterocycles. The second-order valence-electron chi connectivity index (χ2n) is 6.23. The minimum Gasteiger partial charge on any atom is -0.395 e. The summed E-state index contributed by atoms with van der Waals surface area (Å²) in [7, 11) is -3.90. The van der Waals surface area contributed by atoms with Crippen molar-refractivity contribution in [2.45, 2.75) is 17.9 Å². The van der Waals surface area contributed by atoms with Crippen LogP contribution in [0.5, 0.6) is 0 Å². The van der Waals surface area contributed by atoms with Gasteiger partial charge in [0.1, 0.15) is 5.82 Å². The first-order valence-electron chi connectivity index (χ1n) is 8.42. The van der Waals surface area contributed by atoms with Crippen molar-refractivity contribution in [3.05, 3.63) is 60.7 Å². The van der Waals surface area contributed by atoms with Crippen molar-refractivity contribution in [2.24, 2.45) is 0 Å².